The number of rotatable bonds is 7. The third-order valence-corrected chi connectivity index (χ3v) is 3.42. The van der Waals surface area contributed by atoms with E-state index in [1.165, 1.54) is 0 Å². The summed E-state index contributed by atoms with van der Waals surface area (Å²) in [4.78, 5) is 11.8. The number of halogens is 1. The van der Waals surface area contributed by atoms with Gasteiger partial charge < -0.3 is 14.5 Å². The van der Waals surface area contributed by atoms with Crippen LogP contribution in [-0.4, -0.2) is 12.5 Å². The third-order valence-electron chi connectivity index (χ3n) is 2.90. The maximum absolute atomic E-state index is 11.8. The average Bonchev–Trinajstić information content (AvgIpc) is 2.96. The Labute approximate surface area is 132 Å². The van der Waals surface area contributed by atoms with Gasteiger partial charge in [-0.15, -0.1) is 0 Å². The van der Waals surface area contributed by atoms with Gasteiger partial charge in [0.15, 0.2) is 5.76 Å². The van der Waals surface area contributed by atoms with Crippen molar-refractivity contribution in [2.75, 3.05) is 6.54 Å². The van der Waals surface area contributed by atoms with Gasteiger partial charge in [-0.05, 0) is 42.8 Å². The lowest BCUT2D eigenvalue weighted by atomic mass is 10.3. The molecule has 112 valence electrons. The van der Waals surface area contributed by atoms with Crippen molar-refractivity contribution in [3.8, 4) is 5.75 Å². The SMILES string of the molecule is CCCCNC(=O)c1ccc(COc2ccc(Br)cc2)o1. The first-order valence-corrected chi connectivity index (χ1v) is 7.73. The summed E-state index contributed by atoms with van der Waals surface area (Å²) in [6, 6.07) is 11.0. The summed E-state index contributed by atoms with van der Waals surface area (Å²) in [6.45, 7) is 3.04. The van der Waals surface area contributed by atoms with E-state index in [0.29, 0.717) is 24.7 Å². The first kappa shape index (κ1) is 15.6. The molecular weight excluding hydrogens is 334 g/mol. The second-order valence-electron chi connectivity index (χ2n) is 4.62. The molecule has 1 aromatic heterocycles. The van der Waals surface area contributed by atoms with Gasteiger partial charge in [0.05, 0.1) is 0 Å². The zero-order valence-electron chi connectivity index (χ0n) is 11.9. The lowest BCUT2D eigenvalue weighted by Gasteiger charge is -2.04. The third kappa shape index (κ3) is 4.93. The molecule has 0 bridgehead atoms. The molecule has 0 saturated heterocycles. The number of unbranched alkanes of at least 4 members (excludes halogenated alkanes) is 1. The molecule has 2 aromatic rings. The van der Waals surface area contributed by atoms with Crippen LogP contribution in [-0.2, 0) is 6.61 Å². The Morgan fingerprint density at radius 1 is 1.24 bits per heavy atom. The van der Waals surface area contributed by atoms with Gasteiger partial charge >= 0.3 is 0 Å². The predicted octanol–water partition coefficient (Wildman–Crippen LogP) is 4.15. The van der Waals surface area contributed by atoms with Crippen LogP contribution in [0.3, 0.4) is 0 Å². The molecule has 1 N–H and O–H groups in total. The van der Waals surface area contributed by atoms with Crippen LogP contribution in [0.4, 0.5) is 0 Å². The Morgan fingerprint density at radius 2 is 2.00 bits per heavy atom. The molecule has 4 nitrogen and oxygen atoms in total. The summed E-state index contributed by atoms with van der Waals surface area (Å²) < 4.78 is 12.1. The van der Waals surface area contributed by atoms with Crippen LogP contribution in [0.5, 0.6) is 5.75 Å². The van der Waals surface area contributed by atoms with Crippen molar-refractivity contribution in [1.82, 2.24) is 5.32 Å². The predicted molar refractivity (Wildman–Crippen MR) is 84.4 cm³/mol. The smallest absolute Gasteiger partial charge is 0.286 e. The van der Waals surface area contributed by atoms with Gasteiger partial charge in [-0.25, -0.2) is 0 Å². The lowest BCUT2D eigenvalue weighted by molar-refractivity contribution is 0.0921. The molecule has 0 unspecified atom stereocenters. The number of nitrogens with one attached hydrogen (secondary N) is 1. The number of carbonyl (C=O) groups excluding carboxylic acids is 1. The maximum atomic E-state index is 11.8. The van der Waals surface area contributed by atoms with Crippen molar-refractivity contribution >= 4 is 21.8 Å². The summed E-state index contributed by atoms with van der Waals surface area (Å²) in [5.74, 6) is 1.51. The number of carbonyl (C=O) groups is 1. The van der Waals surface area contributed by atoms with E-state index in [-0.39, 0.29) is 5.91 Å². The van der Waals surface area contributed by atoms with Gasteiger partial charge in [0, 0.05) is 11.0 Å². The van der Waals surface area contributed by atoms with E-state index in [4.69, 9.17) is 9.15 Å². The van der Waals surface area contributed by atoms with Crippen LogP contribution >= 0.6 is 15.9 Å². The lowest BCUT2D eigenvalue weighted by Crippen LogP contribution is -2.23. The molecule has 21 heavy (non-hydrogen) atoms. The molecule has 0 aliphatic rings. The van der Waals surface area contributed by atoms with Crippen LogP contribution in [0.25, 0.3) is 0 Å². The number of furan rings is 1. The molecular formula is C16H18BrNO3. The average molecular weight is 352 g/mol. The van der Waals surface area contributed by atoms with E-state index in [9.17, 15) is 4.79 Å². The van der Waals surface area contributed by atoms with E-state index in [1.54, 1.807) is 12.1 Å². The minimum atomic E-state index is -0.182. The topological polar surface area (TPSA) is 51.5 Å². The van der Waals surface area contributed by atoms with Crippen molar-refractivity contribution < 1.29 is 13.9 Å². The largest absolute Gasteiger partial charge is 0.486 e. The Hall–Kier alpha value is -1.75. The normalized spacial score (nSPS) is 10.4. The van der Waals surface area contributed by atoms with Gasteiger partial charge in [-0.1, -0.05) is 29.3 Å². The zero-order chi connectivity index (χ0) is 15.1. The van der Waals surface area contributed by atoms with E-state index in [2.05, 4.69) is 28.2 Å². The van der Waals surface area contributed by atoms with Crippen molar-refractivity contribution in [1.29, 1.82) is 0 Å². The maximum Gasteiger partial charge on any atom is 0.286 e. The molecule has 1 aromatic carbocycles. The number of hydrogen-bond acceptors (Lipinski definition) is 3. The second kappa shape index (κ2) is 7.88. The molecule has 0 radical (unpaired) electrons. The van der Waals surface area contributed by atoms with Gasteiger partial charge in [0.25, 0.3) is 5.91 Å². The van der Waals surface area contributed by atoms with E-state index < -0.39 is 0 Å². The van der Waals surface area contributed by atoms with Gasteiger partial charge in [-0.3, -0.25) is 4.79 Å². The van der Waals surface area contributed by atoms with Crippen molar-refractivity contribution in [2.45, 2.75) is 26.4 Å². The van der Waals surface area contributed by atoms with Crippen LogP contribution in [0.1, 0.15) is 36.1 Å². The summed E-state index contributed by atoms with van der Waals surface area (Å²) in [5.41, 5.74) is 0. The Kier molecular flexibility index (Phi) is 5.87. The van der Waals surface area contributed by atoms with Gasteiger partial charge in [-0.2, -0.15) is 0 Å². The molecule has 0 aliphatic heterocycles. The fraction of sp³-hybridized carbons (Fsp3) is 0.312. The molecule has 0 fully saturated rings. The van der Waals surface area contributed by atoms with Crippen LogP contribution < -0.4 is 10.1 Å². The number of ether oxygens (including phenoxy) is 1. The fourth-order valence-electron chi connectivity index (χ4n) is 1.73. The second-order valence-corrected chi connectivity index (χ2v) is 5.53. The Bertz CT molecular complexity index is 577. The Morgan fingerprint density at radius 3 is 2.71 bits per heavy atom. The van der Waals surface area contributed by atoms with Crippen molar-refractivity contribution in [3.63, 3.8) is 0 Å². The molecule has 0 saturated carbocycles. The molecule has 1 amide bonds. The van der Waals surface area contributed by atoms with E-state index in [0.717, 1.165) is 23.1 Å². The van der Waals surface area contributed by atoms with Gasteiger partial charge in [0.1, 0.15) is 18.1 Å². The first-order valence-electron chi connectivity index (χ1n) is 6.94. The first-order chi connectivity index (χ1) is 10.2. The molecule has 0 aliphatic carbocycles. The van der Waals surface area contributed by atoms with Crippen LogP contribution in [0.15, 0.2) is 45.3 Å². The highest BCUT2D eigenvalue weighted by Crippen LogP contribution is 2.18. The summed E-state index contributed by atoms with van der Waals surface area (Å²) in [5, 5.41) is 2.81. The summed E-state index contributed by atoms with van der Waals surface area (Å²) >= 11 is 3.37. The minimum Gasteiger partial charge on any atom is -0.486 e. The number of hydrogen-bond donors (Lipinski definition) is 1. The van der Waals surface area contributed by atoms with E-state index >= 15 is 0 Å². The highest BCUT2D eigenvalue weighted by Gasteiger charge is 2.10. The monoisotopic (exact) mass is 351 g/mol. The molecule has 1 heterocycles. The number of benzene rings is 1. The summed E-state index contributed by atoms with van der Waals surface area (Å²) in [7, 11) is 0. The van der Waals surface area contributed by atoms with Crippen molar-refractivity contribution in [3.05, 3.63) is 52.4 Å². The van der Waals surface area contributed by atoms with Gasteiger partial charge in [0.2, 0.25) is 0 Å². The molecule has 5 heteroatoms. The van der Waals surface area contributed by atoms with Crippen LogP contribution in [0, 0.1) is 0 Å². The highest BCUT2D eigenvalue weighted by atomic mass is 79.9. The van der Waals surface area contributed by atoms with Crippen LogP contribution in [0.2, 0.25) is 0 Å². The Balaban J connectivity index is 1.85. The van der Waals surface area contributed by atoms with E-state index in [1.807, 2.05) is 24.3 Å². The molecule has 0 spiro atoms. The standard InChI is InChI=1S/C16H18BrNO3/c1-2-3-10-18-16(19)15-9-8-14(21-15)11-20-13-6-4-12(17)5-7-13/h4-9H,2-3,10-11H2,1H3,(H,18,19). The molecule has 2 rings (SSSR count). The molecule has 0 atom stereocenters. The fourth-order valence-corrected chi connectivity index (χ4v) is 1.99. The highest BCUT2D eigenvalue weighted by molar-refractivity contribution is 9.10. The number of amides is 1. The summed E-state index contributed by atoms with van der Waals surface area (Å²) in [6.07, 6.45) is 2.01. The van der Waals surface area contributed by atoms with Crippen molar-refractivity contribution in [2.24, 2.45) is 0 Å². The quantitative estimate of drug-likeness (QED) is 0.762. The minimum absolute atomic E-state index is 0.182. The zero-order valence-corrected chi connectivity index (χ0v) is 13.5.